The number of hydrogen-bond donors (Lipinski definition) is 1. The summed E-state index contributed by atoms with van der Waals surface area (Å²) < 4.78 is 5.50. The van der Waals surface area contributed by atoms with Crippen LogP contribution in [0.2, 0.25) is 0 Å². The van der Waals surface area contributed by atoms with E-state index < -0.39 is 0 Å². The van der Waals surface area contributed by atoms with Gasteiger partial charge in [0.2, 0.25) is 0 Å². The second-order valence-corrected chi connectivity index (χ2v) is 5.52. The zero-order chi connectivity index (χ0) is 13.4. The van der Waals surface area contributed by atoms with Gasteiger partial charge in [-0.2, -0.15) is 0 Å². The molecule has 1 aliphatic heterocycles. The smallest absolute Gasteiger partial charge is 0.0672 e. The van der Waals surface area contributed by atoms with Crippen LogP contribution in [-0.4, -0.2) is 50.3 Å². The average Bonchev–Trinajstić information content (AvgIpc) is 2.38. The van der Waals surface area contributed by atoms with Crippen molar-refractivity contribution < 1.29 is 4.74 Å². The first kappa shape index (κ1) is 15.7. The van der Waals surface area contributed by atoms with Crippen LogP contribution in [0.25, 0.3) is 0 Å². The Morgan fingerprint density at radius 2 is 2.11 bits per heavy atom. The third-order valence-corrected chi connectivity index (χ3v) is 3.85. The molecule has 1 aliphatic rings. The molecule has 0 aromatic heterocycles. The maximum Gasteiger partial charge on any atom is 0.0672 e. The Hall–Kier alpha value is -0.380. The monoisotopic (exact) mass is 254 g/mol. The fraction of sp³-hybridized carbons (Fsp3) is 0.867. The third-order valence-electron chi connectivity index (χ3n) is 3.85. The van der Waals surface area contributed by atoms with Crippen LogP contribution < -0.4 is 5.32 Å². The summed E-state index contributed by atoms with van der Waals surface area (Å²) in [5, 5.41) is 3.59. The molecule has 1 heterocycles. The number of ether oxygens (including phenoxy) is 1. The Labute approximate surface area is 113 Å². The fourth-order valence-electron chi connectivity index (χ4n) is 2.54. The van der Waals surface area contributed by atoms with E-state index in [0.717, 1.165) is 24.6 Å². The van der Waals surface area contributed by atoms with Crippen molar-refractivity contribution in [1.82, 2.24) is 10.2 Å². The molecule has 3 nitrogen and oxygen atoms in total. The van der Waals surface area contributed by atoms with Gasteiger partial charge in [-0.1, -0.05) is 19.1 Å². The molecule has 0 spiro atoms. The van der Waals surface area contributed by atoms with E-state index in [-0.39, 0.29) is 0 Å². The summed E-state index contributed by atoms with van der Waals surface area (Å²) in [5.41, 5.74) is 1.09. The van der Waals surface area contributed by atoms with Crippen molar-refractivity contribution in [1.29, 1.82) is 0 Å². The lowest BCUT2D eigenvalue weighted by atomic mass is 9.90. The molecule has 1 fully saturated rings. The van der Waals surface area contributed by atoms with E-state index in [1.807, 2.05) is 6.92 Å². The molecule has 1 saturated heterocycles. The van der Waals surface area contributed by atoms with Gasteiger partial charge in [-0.25, -0.2) is 0 Å². The van der Waals surface area contributed by atoms with Crippen molar-refractivity contribution in [2.45, 2.75) is 39.7 Å². The Kier molecular flexibility index (Phi) is 7.56. The molecule has 1 unspecified atom stereocenters. The van der Waals surface area contributed by atoms with Crippen LogP contribution in [0.3, 0.4) is 0 Å². The number of nitrogens with zero attached hydrogens (tertiary/aromatic N) is 1. The highest BCUT2D eigenvalue weighted by atomic mass is 16.5. The molecule has 3 heteroatoms. The van der Waals surface area contributed by atoms with Crippen LogP contribution in [0, 0.1) is 5.92 Å². The molecule has 0 radical (unpaired) electrons. The quantitative estimate of drug-likeness (QED) is 0.531. The molecule has 18 heavy (non-hydrogen) atoms. The minimum absolute atomic E-state index is 0.609. The van der Waals surface area contributed by atoms with Crippen molar-refractivity contribution >= 4 is 0 Å². The molecule has 0 aromatic carbocycles. The summed E-state index contributed by atoms with van der Waals surface area (Å²) in [5.74, 6) is 0.828. The Bertz CT molecular complexity index is 235. The lowest BCUT2D eigenvalue weighted by Crippen LogP contribution is -2.42. The molecule has 0 amide bonds. The summed E-state index contributed by atoms with van der Waals surface area (Å²) in [6, 6.07) is 0.609. The first-order chi connectivity index (χ1) is 8.63. The zero-order valence-corrected chi connectivity index (χ0v) is 12.4. The first-order valence-corrected chi connectivity index (χ1v) is 7.31. The van der Waals surface area contributed by atoms with Gasteiger partial charge in [-0.15, -0.1) is 0 Å². The van der Waals surface area contributed by atoms with Crippen LogP contribution >= 0.6 is 0 Å². The van der Waals surface area contributed by atoms with Gasteiger partial charge in [0.05, 0.1) is 13.2 Å². The standard InChI is InChI=1S/C15H30N2O/c1-5-17-9-6-15(7-10-17)14(4)16-8-11-18-12-13(2)3/h14-16H,2,5-12H2,1,3-4H3. The largest absolute Gasteiger partial charge is 0.376 e. The van der Waals surface area contributed by atoms with E-state index in [9.17, 15) is 0 Å². The maximum absolute atomic E-state index is 5.50. The number of hydrogen-bond acceptors (Lipinski definition) is 3. The van der Waals surface area contributed by atoms with Crippen LogP contribution in [0.1, 0.15) is 33.6 Å². The SMILES string of the molecule is C=C(C)COCCNC(C)C1CCN(CC)CC1. The van der Waals surface area contributed by atoms with E-state index in [4.69, 9.17) is 4.74 Å². The van der Waals surface area contributed by atoms with E-state index in [1.54, 1.807) is 0 Å². The molecular weight excluding hydrogens is 224 g/mol. The van der Waals surface area contributed by atoms with Crippen LogP contribution in [0.5, 0.6) is 0 Å². The predicted molar refractivity (Wildman–Crippen MR) is 77.9 cm³/mol. The van der Waals surface area contributed by atoms with Gasteiger partial charge in [0, 0.05) is 12.6 Å². The summed E-state index contributed by atoms with van der Waals surface area (Å²) in [4.78, 5) is 2.54. The van der Waals surface area contributed by atoms with Gasteiger partial charge in [-0.3, -0.25) is 0 Å². The Morgan fingerprint density at radius 1 is 1.44 bits per heavy atom. The van der Waals surface area contributed by atoms with Gasteiger partial charge in [0.25, 0.3) is 0 Å². The van der Waals surface area contributed by atoms with Crippen molar-refractivity contribution in [3.05, 3.63) is 12.2 Å². The first-order valence-electron chi connectivity index (χ1n) is 7.31. The number of rotatable bonds is 8. The van der Waals surface area contributed by atoms with Crippen molar-refractivity contribution in [3.63, 3.8) is 0 Å². The lowest BCUT2D eigenvalue weighted by Gasteiger charge is -2.34. The predicted octanol–water partition coefficient (Wildman–Crippen LogP) is 2.29. The van der Waals surface area contributed by atoms with Gasteiger partial charge in [0.15, 0.2) is 0 Å². The Balaban J connectivity index is 2.06. The Morgan fingerprint density at radius 3 is 2.67 bits per heavy atom. The van der Waals surface area contributed by atoms with Crippen molar-refractivity contribution in [2.75, 3.05) is 39.4 Å². The third kappa shape index (κ3) is 5.98. The highest BCUT2D eigenvalue weighted by molar-refractivity contribution is 4.87. The van der Waals surface area contributed by atoms with Crippen LogP contribution in [0.4, 0.5) is 0 Å². The summed E-state index contributed by atoms with van der Waals surface area (Å²) in [6.07, 6.45) is 2.66. The molecule has 0 aliphatic carbocycles. The van der Waals surface area contributed by atoms with E-state index in [1.165, 1.54) is 32.5 Å². The van der Waals surface area contributed by atoms with Gasteiger partial charge in [-0.05, 0) is 52.2 Å². The topological polar surface area (TPSA) is 24.5 Å². The van der Waals surface area contributed by atoms with Crippen LogP contribution in [-0.2, 0) is 4.74 Å². The lowest BCUT2D eigenvalue weighted by molar-refractivity contribution is 0.141. The average molecular weight is 254 g/mol. The van der Waals surface area contributed by atoms with E-state index in [0.29, 0.717) is 12.6 Å². The minimum Gasteiger partial charge on any atom is -0.376 e. The van der Waals surface area contributed by atoms with Gasteiger partial charge < -0.3 is 15.0 Å². The second-order valence-electron chi connectivity index (χ2n) is 5.52. The van der Waals surface area contributed by atoms with E-state index in [2.05, 4.69) is 30.6 Å². The van der Waals surface area contributed by atoms with Crippen molar-refractivity contribution in [2.24, 2.45) is 5.92 Å². The number of likely N-dealkylation sites (tertiary alicyclic amines) is 1. The highest BCUT2D eigenvalue weighted by Crippen LogP contribution is 2.20. The molecular formula is C15H30N2O. The molecule has 1 N–H and O–H groups in total. The normalized spacial score (nSPS) is 19.9. The number of piperidine rings is 1. The highest BCUT2D eigenvalue weighted by Gasteiger charge is 2.22. The molecule has 0 bridgehead atoms. The van der Waals surface area contributed by atoms with E-state index >= 15 is 0 Å². The molecule has 0 aromatic rings. The summed E-state index contributed by atoms with van der Waals surface area (Å²) >= 11 is 0. The zero-order valence-electron chi connectivity index (χ0n) is 12.4. The van der Waals surface area contributed by atoms with Gasteiger partial charge >= 0.3 is 0 Å². The molecule has 0 saturated carbocycles. The fourth-order valence-corrected chi connectivity index (χ4v) is 2.54. The molecule has 106 valence electrons. The second kappa shape index (κ2) is 8.68. The van der Waals surface area contributed by atoms with Gasteiger partial charge in [0.1, 0.15) is 0 Å². The molecule has 1 rings (SSSR count). The summed E-state index contributed by atoms with van der Waals surface area (Å²) in [6.45, 7) is 16.5. The van der Waals surface area contributed by atoms with Crippen LogP contribution in [0.15, 0.2) is 12.2 Å². The maximum atomic E-state index is 5.50. The molecule has 1 atom stereocenters. The summed E-state index contributed by atoms with van der Waals surface area (Å²) in [7, 11) is 0. The minimum atomic E-state index is 0.609. The van der Waals surface area contributed by atoms with Crippen molar-refractivity contribution in [3.8, 4) is 0 Å². The number of nitrogens with one attached hydrogen (secondary N) is 1.